The summed E-state index contributed by atoms with van der Waals surface area (Å²) in [4.78, 5) is 10.7. The average Bonchev–Trinajstić information content (AvgIpc) is 2.27. The first kappa shape index (κ1) is 12.1. The number of nitrogens with two attached hydrogens (primary N) is 1. The molecule has 16 heavy (non-hydrogen) atoms. The minimum Gasteiger partial charge on any atom is -0.368 e. The maximum atomic E-state index is 13.3. The summed E-state index contributed by atoms with van der Waals surface area (Å²) < 4.78 is 13.3. The lowest BCUT2D eigenvalue weighted by atomic mass is 10.1. The van der Waals surface area contributed by atoms with Gasteiger partial charge in [0.05, 0.1) is 17.7 Å². The van der Waals surface area contributed by atoms with Crippen LogP contribution >= 0.6 is 0 Å². The van der Waals surface area contributed by atoms with Crippen molar-refractivity contribution in [2.75, 3.05) is 0 Å². The molecule has 1 unspecified atom stereocenters. The third kappa shape index (κ3) is 3.04. The van der Waals surface area contributed by atoms with Crippen molar-refractivity contribution < 1.29 is 9.18 Å². The lowest BCUT2D eigenvalue weighted by Gasteiger charge is -2.10. The van der Waals surface area contributed by atoms with Crippen LogP contribution in [-0.4, -0.2) is 11.9 Å². The summed E-state index contributed by atoms with van der Waals surface area (Å²) in [5.74, 6) is -0.917. The number of nitrogens with zero attached hydrogens (tertiary/aromatic N) is 1. The summed E-state index contributed by atoms with van der Waals surface area (Å²) in [6, 6.07) is 5.45. The highest BCUT2D eigenvalue weighted by Crippen LogP contribution is 2.09. The molecule has 0 saturated heterocycles. The van der Waals surface area contributed by atoms with E-state index in [-0.39, 0.29) is 6.54 Å². The van der Waals surface area contributed by atoms with Crippen molar-refractivity contribution in [1.82, 2.24) is 5.32 Å². The summed E-state index contributed by atoms with van der Waals surface area (Å²) in [5.41, 5.74) is 5.77. The third-order valence-corrected chi connectivity index (χ3v) is 2.20. The summed E-state index contributed by atoms with van der Waals surface area (Å²) in [6.07, 6.45) is 0. The van der Waals surface area contributed by atoms with Crippen molar-refractivity contribution >= 4 is 5.91 Å². The monoisotopic (exact) mass is 221 g/mol. The summed E-state index contributed by atoms with van der Waals surface area (Å²) in [7, 11) is 0. The zero-order valence-corrected chi connectivity index (χ0v) is 8.83. The molecule has 0 heterocycles. The van der Waals surface area contributed by atoms with E-state index in [1.165, 1.54) is 18.2 Å². The van der Waals surface area contributed by atoms with Gasteiger partial charge in [0, 0.05) is 12.1 Å². The number of carbonyl (C=O) groups excluding carboxylic acids is 1. The van der Waals surface area contributed by atoms with Gasteiger partial charge in [0.15, 0.2) is 0 Å². The van der Waals surface area contributed by atoms with E-state index in [9.17, 15) is 9.18 Å². The van der Waals surface area contributed by atoms with Gasteiger partial charge < -0.3 is 11.1 Å². The molecule has 0 saturated carbocycles. The van der Waals surface area contributed by atoms with Crippen LogP contribution in [0.2, 0.25) is 0 Å². The number of nitrogens with one attached hydrogen (secondary N) is 1. The van der Waals surface area contributed by atoms with Crippen LogP contribution in [0.25, 0.3) is 0 Å². The Hall–Kier alpha value is -1.93. The number of nitriles is 1. The molecule has 5 heteroatoms. The Kier molecular flexibility index (Phi) is 3.97. The molecule has 1 aromatic rings. The van der Waals surface area contributed by atoms with Gasteiger partial charge in [0.1, 0.15) is 5.82 Å². The molecule has 1 rings (SSSR count). The average molecular weight is 221 g/mol. The van der Waals surface area contributed by atoms with Crippen molar-refractivity contribution in [2.45, 2.75) is 19.5 Å². The lowest BCUT2D eigenvalue weighted by Crippen LogP contribution is -2.38. The molecular formula is C11H12FN3O. The van der Waals surface area contributed by atoms with Crippen LogP contribution < -0.4 is 11.1 Å². The van der Waals surface area contributed by atoms with E-state index >= 15 is 0 Å². The van der Waals surface area contributed by atoms with Crippen LogP contribution in [0.15, 0.2) is 18.2 Å². The predicted octanol–water partition coefficient (Wildman–Crippen LogP) is 0.661. The molecule has 0 fully saturated rings. The molecule has 3 N–H and O–H groups in total. The van der Waals surface area contributed by atoms with Crippen LogP contribution in [0.4, 0.5) is 4.39 Å². The van der Waals surface area contributed by atoms with E-state index in [0.717, 1.165) is 0 Å². The first-order valence-corrected chi connectivity index (χ1v) is 4.76. The second-order valence-electron chi connectivity index (χ2n) is 3.42. The molecule has 0 bridgehead atoms. The van der Waals surface area contributed by atoms with Crippen LogP contribution in [0, 0.1) is 17.1 Å². The van der Waals surface area contributed by atoms with E-state index in [0.29, 0.717) is 11.1 Å². The number of rotatable bonds is 4. The predicted molar refractivity (Wildman–Crippen MR) is 56.6 cm³/mol. The molecule has 0 spiro atoms. The Morgan fingerprint density at radius 3 is 2.94 bits per heavy atom. The highest BCUT2D eigenvalue weighted by Gasteiger charge is 2.09. The number of hydrogen-bond acceptors (Lipinski definition) is 3. The van der Waals surface area contributed by atoms with Crippen molar-refractivity contribution in [3.63, 3.8) is 0 Å². The van der Waals surface area contributed by atoms with Crippen LogP contribution in [0.3, 0.4) is 0 Å². The van der Waals surface area contributed by atoms with Gasteiger partial charge >= 0.3 is 0 Å². The van der Waals surface area contributed by atoms with Gasteiger partial charge in [-0.05, 0) is 25.1 Å². The Labute approximate surface area is 92.9 Å². The molecular weight excluding hydrogens is 209 g/mol. The second kappa shape index (κ2) is 5.24. The second-order valence-corrected chi connectivity index (χ2v) is 3.42. The number of primary amides is 1. The van der Waals surface area contributed by atoms with Crippen LogP contribution in [0.1, 0.15) is 18.1 Å². The standard InChI is InChI=1S/C11H12FN3O/c1-7(11(14)16)15-6-9-4-8(5-13)2-3-10(9)12/h2-4,7,15H,6H2,1H3,(H2,14,16). The van der Waals surface area contributed by atoms with Crippen molar-refractivity contribution in [1.29, 1.82) is 5.26 Å². The highest BCUT2D eigenvalue weighted by atomic mass is 19.1. The van der Waals surface area contributed by atoms with Gasteiger partial charge in [-0.2, -0.15) is 5.26 Å². The fraction of sp³-hybridized carbons (Fsp3) is 0.273. The summed E-state index contributed by atoms with van der Waals surface area (Å²) in [5, 5.41) is 11.4. The largest absolute Gasteiger partial charge is 0.368 e. The number of benzene rings is 1. The Morgan fingerprint density at radius 1 is 1.69 bits per heavy atom. The molecule has 84 valence electrons. The van der Waals surface area contributed by atoms with Gasteiger partial charge in [0.25, 0.3) is 0 Å². The fourth-order valence-electron chi connectivity index (χ4n) is 1.14. The van der Waals surface area contributed by atoms with E-state index in [2.05, 4.69) is 5.32 Å². The SMILES string of the molecule is CC(NCc1cc(C#N)ccc1F)C(N)=O. The van der Waals surface area contributed by atoms with E-state index < -0.39 is 17.8 Å². The van der Waals surface area contributed by atoms with Crippen LogP contribution in [0.5, 0.6) is 0 Å². The topological polar surface area (TPSA) is 78.9 Å². The van der Waals surface area contributed by atoms with E-state index in [1.54, 1.807) is 6.92 Å². The zero-order chi connectivity index (χ0) is 12.1. The molecule has 0 aliphatic carbocycles. The first-order chi connectivity index (χ1) is 7.54. The normalized spacial score (nSPS) is 11.8. The van der Waals surface area contributed by atoms with Gasteiger partial charge in [-0.25, -0.2) is 4.39 Å². The fourth-order valence-corrected chi connectivity index (χ4v) is 1.14. The van der Waals surface area contributed by atoms with Gasteiger partial charge in [-0.15, -0.1) is 0 Å². The molecule has 1 aromatic carbocycles. The minimum atomic E-state index is -0.537. The summed E-state index contributed by atoms with van der Waals surface area (Å²) in [6.45, 7) is 1.75. The number of halogens is 1. The number of hydrogen-bond donors (Lipinski definition) is 2. The Morgan fingerprint density at radius 2 is 2.38 bits per heavy atom. The molecule has 4 nitrogen and oxygen atoms in total. The molecule has 1 amide bonds. The van der Waals surface area contributed by atoms with Gasteiger partial charge in [-0.3, -0.25) is 4.79 Å². The Balaban J connectivity index is 2.74. The molecule has 0 radical (unpaired) electrons. The van der Waals surface area contributed by atoms with Gasteiger partial charge in [0.2, 0.25) is 5.91 Å². The first-order valence-electron chi connectivity index (χ1n) is 4.76. The smallest absolute Gasteiger partial charge is 0.234 e. The quantitative estimate of drug-likeness (QED) is 0.783. The van der Waals surface area contributed by atoms with E-state index in [4.69, 9.17) is 11.0 Å². The van der Waals surface area contributed by atoms with Crippen LogP contribution in [-0.2, 0) is 11.3 Å². The molecule has 0 aliphatic rings. The third-order valence-electron chi connectivity index (χ3n) is 2.20. The highest BCUT2D eigenvalue weighted by molar-refractivity contribution is 5.79. The van der Waals surface area contributed by atoms with E-state index in [1.807, 2.05) is 6.07 Å². The molecule has 1 atom stereocenters. The Bertz CT molecular complexity index is 439. The maximum Gasteiger partial charge on any atom is 0.234 e. The van der Waals surface area contributed by atoms with Crippen molar-refractivity contribution in [2.24, 2.45) is 5.73 Å². The minimum absolute atomic E-state index is 0.158. The van der Waals surface area contributed by atoms with Crippen molar-refractivity contribution in [3.8, 4) is 6.07 Å². The maximum absolute atomic E-state index is 13.3. The van der Waals surface area contributed by atoms with Gasteiger partial charge in [-0.1, -0.05) is 0 Å². The molecule has 0 aliphatic heterocycles. The summed E-state index contributed by atoms with van der Waals surface area (Å²) >= 11 is 0. The lowest BCUT2D eigenvalue weighted by molar-refractivity contribution is -0.119. The number of carbonyl (C=O) groups is 1. The molecule has 0 aromatic heterocycles. The number of amides is 1. The zero-order valence-electron chi connectivity index (χ0n) is 8.83. The van der Waals surface area contributed by atoms with Crippen molar-refractivity contribution in [3.05, 3.63) is 35.1 Å².